The summed E-state index contributed by atoms with van der Waals surface area (Å²) < 4.78 is 0. The fourth-order valence-electron chi connectivity index (χ4n) is 1.73. The number of aromatic nitrogens is 2. The van der Waals surface area contributed by atoms with Crippen LogP contribution in [-0.2, 0) is 6.54 Å². The third-order valence-corrected chi connectivity index (χ3v) is 2.84. The summed E-state index contributed by atoms with van der Waals surface area (Å²) in [7, 11) is 0. The molecule has 0 saturated carbocycles. The van der Waals surface area contributed by atoms with Crippen LogP contribution in [0.1, 0.15) is 21.5 Å². The molecule has 20 heavy (non-hydrogen) atoms. The van der Waals surface area contributed by atoms with Crippen LogP contribution >= 0.6 is 0 Å². The number of carbonyl (C=O) groups excluding carboxylic acids is 1. The number of rotatable bonds is 6. The van der Waals surface area contributed by atoms with Crippen molar-refractivity contribution in [3.63, 3.8) is 0 Å². The van der Waals surface area contributed by atoms with Gasteiger partial charge in [0.2, 0.25) is 0 Å². The topological polar surface area (TPSA) is 66.9 Å². The normalized spacial score (nSPS) is 10.2. The zero-order valence-electron chi connectivity index (χ0n) is 11.5. The van der Waals surface area contributed by atoms with Gasteiger partial charge in [-0.25, -0.2) is 9.97 Å². The Bertz CT molecular complexity index is 540. The summed E-state index contributed by atoms with van der Waals surface area (Å²) in [6, 6.07) is 7.53. The second-order valence-corrected chi connectivity index (χ2v) is 4.55. The van der Waals surface area contributed by atoms with Crippen molar-refractivity contribution in [2.75, 3.05) is 13.1 Å². The van der Waals surface area contributed by atoms with Crippen LogP contribution in [0, 0.1) is 6.92 Å². The zero-order valence-corrected chi connectivity index (χ0v) is 11.5. The molecular weight excluding hydrogens is 252 g/mol. The Morgan fingerprint density at radius 1 is 1.10 bits per heavy atom. The van der Waals surface area contributed by atoms with Crippen LogP contribution in [-0.4, -0.2) is 29.0 Å². The lowest BCUT2D eigenvalue weighted by Crippen LogP contribution is -2.31. The molecule has 0 aliphatic heterocycles. The zero-order chi connectivity index (χ0) is 14.2. The van der Waals surface area contributed by atoms with E-state index in [0.717, 1.165) is 11.1 Å². The van der Waals surface area contributed by atoms with Gasteiger partial charge in [-0.05, 0) is 19.1 Å². The van der Waals surface area contributed by atoms with Crippen molar-refractivity contribution in [1.29, 1.82) is 0 Å². The summed E-state index contributed by atoms with van der Waals surface area (Å²) in [6.07, 6.45) is 5.04. The summed E-state index contributed by atoms with van der Waals surface area (Å²) in [5.41, 5.74) is 2.86. The molecular formula is C15H18N4O. The smallest absolute Gasteiger partial charge is 0.251 e. The van der Waals surface area contributed by atoms with E-state index in [1.807, 2.05) is 31.2 Å². The van der Waals surface area contributed by atoms with E-state index in [4.69, 9.17) is 0 Å². The molecule has 2 aromatic rings. The molecule has 0 saturated heterocycles. The Hall–Kier alpha value is -2.27. The van der Waals surface area contributed by atoms with Crippen LogP contribution in [0.4, 0.5) is 0 Å². The molecule has 5 heteroatoms. The molecule has 1 aromatic carbocycles. The molecule has 1 aromatic heterocycles. The first-order chi connectivity index (χ1) is 9.75. The fourth-order valence-corrected chi connectivity index (χ4v) is 1.73. The van der Waals surface area contributed by atoms with Crippen molar-refractivity contribution < 1.29 is 4.79 Å². The van der Waals surface area contributed by atoms with Gasteiger partial charge < -0.3 is 10.6 Å². The van der Waals surface area contributed by atoms with Crippen LogP contribution in [0.5, 0.6) is 0 Å². The van der Waals surface area contributed by atoms with Gasteiger partial charge >= 0.3 is 0 Å². The fraction of sp³-hybridized carbons (Fsp3) is 0.267. The minimum absolute atomic E-state index is 0.0464. The van der Waals surface area contributed by atoms with Gasteiger partial charge in [0.05, 0.1) is 0 Å². The SMILES string of the molecule is Cc1ccc(C(=O)NCCNCc2cncnc2)cc1. The van der Waals surface area contributed by atoms with E-state index in [2.05, 4.69) is 20.6 Å². The third kappa shape index (κ3) is 4.44. The summed E-state index contributed by atoms with van der Waals surface area (Å²) in [5, 5.41) is 6.09. The number of hydrogen-bond donors (Lipinski definition) is 2. The van der Waals surface area contributed by atoms with E-state index in [1.54, 1.807) is 12.4 Å². The molecule has 2 rings (SSSR count). The molecule has 0 fully saturated rings. The maximum absolute atomic E-state index is 11.8. The van der Waals surface area contributed by atoms with Gasteiger partial charge in [0, 0.05) is 43.2 Å². The van der Waals surface area contributed by atoms with Crippen LogP contribution in [0.15, 0.2) is 43.0 Å². The van der Waals surface area contributed by atoms with Gasteiger partial charge in [0.15, 0.2) is 0 Å². The predicted molar refractivity (Wildman–Crippen MR) is 77.3 cm³/mol. The molecule has 5 nitrogen and oxygen atoms in total. The molecule has 0 aliphatic rings. The molecule has 2 N–H and O–H groups in total. The Labute approximate surface area is 118 Å². The highest BCUT2D eigenvalue weighted by atomic mass is 16.1. The first kappa shape index (κ1) is 14.1. The molecule has 0 atom stereocenters. The first-order valence-electron chi connectivity index (χ1n) is 6.55. The van der Waals surface area contributed by atoms with Crippen molar-refractivity contribution >= 4 is 5.91 Å². The quantitative estimate of drug-likeness (QED) is 0.777. The van der Waals surface area contributed by atoms with Crippen molar-refractivity contribution in [3.05, 3.63) is 59.7 Å². The van der Waals surface area contributed by atoms with E-state index in [1.165, 1.54) is 6.33 Å². The largest absolute Gasteiger partial charge is 0.351 e. The van der Waals surface area contributed by atoms with Crippen LogP contribution in [0.25, 0.3) is 0 Å². The Balaban J connectivity index is 1.66. The van der Waals surface area contributed by atoms with Gasteiger partial charge in [-0.3, -0.25) is 4.79 Å². The summed E-state index contributed by atoms with van der Waals surface area (Å²) in [6.45, 7) is 3.98. The van der Waals surface area contributed by atoms with Gasteiger partial charge in [-0.1, -0.05) is 17.7 Å². The van der Waals surface area contributed by atoms with E-state index in [9.17, 15) is 4.79 Å². The van der Waals surface area contributed by atoms with Gasteiger partial charge in [0.1, 0.15) is 6.33 Å². The minimum Gasteiger partial charge on any atom is -0.351 e. The Morgan fingerprint density at radius 2 is 1.80 bits per heavy atom. The maximum Gasteiger partial charge on any atom is 0.251 e. The molecule has 1 heterocycles. The Kier molecular flexibility index (Phi) is 5.20. The number of hydrogen-bond acceptors (Lipinski definition) is 4. The average molecular weight is 270 g/mol. The number of nitrogens with one attached hydrogen (secondary N) is 2. The minimum atomic E-state index is -0.0464. The summed E-state index contributed by atoms with van der Waals surface area (Å²) in [4.78, 5) is 19.7. The molecule has 104 valence electrons. The number of aryl methyl sites for hydroxylation is 1. The molecule has 0 spiro atoms. The number of nitrogens with zero attached hydrogens (tertiary/aromatic N) is 2. The van der Waals surface area contributed by atoms with Crippen LogP contribution in [0.3, 0.4) is 0 Å². The highest BCUT2D eigenvalue weighted by Crippen LogP contribution is 2.02. The maximum atomic E-state index is 11.8. The van der Waals surface area contributed by atoms with Crippen molar-refractivity contribution in [2.24, 2.45) is 0 Å². The molecule has 0 aliphatic carbocycles. The number of amides is 1. The lowest BCUT2D eigenvalue weighted by molar-refractivity contribution is 0.0954. The highest BCUT2D eigenvalue weighted by Gasteiger charge is 2.03. The summed E-state index contributed by atoms with van der Waals surface area (Å²) in [5.74, 6) is -0.0464. The third-order valence-electron chi connectivity index (χ3n) is 2.84. The number of benzene rings is 1. The monoisotopic (exact) mass is 270 g/mol. The lowest BCUT2D eigenvalue weighted by Gasteiger charge is -2.07. The lowest BCUT2D eigenvalue weighted by atomic mass is 10.1. The highest BCUT2D eigenvalue weighted by molar-refractivity contribution is 5.94. The second-order valence-electron chi connectivity index (χ2n) is 4.55. The second kappa shape index (κ2) is 7.35. The van der Waals surface area contributed by atoms with Crippen molar-refractivity contribution in [2.45, 2.75) is 13.5 Å². The molecule has 0 radical (unpaired) electrons. The first-order valence-corrected chi connectivity index (χ1v) is 6.55. The van der Waals surface area contributed by atoms with Gasteiger partial charge in [-0.2, -0.15) is 0 Å². The van der Waals surface area contributed by atoms with Crippen LogP contribution < -0.4 is 10.6 Å². The van der Waals surface area contributed by atoms with E-state index < -0.39 is 0 Å². The van der Waals surface area contributed by atoms with Crippen molar-refractivity contribution in [3.8, 4) is 0 Å². The molecule has 1 amide bonds. The Morgan fingerprint density at radius 3 is 2.50 bits per heavy atom. The summed E-state index contributed by atoms with van der Waals surface area (Å²) >= 11 is 0. The van der Waals surface area contributed by atoms with Gasteiger partial charge in [0.25, 0.3) is 5.91 Å². The number of carbonyl (C=O) groups is 1. The van der Waals surface area contributed by atoms with Crippen LogP contribution in [0.2, 0.25) is 0 Å². The van der Waals surface area contributed by atoms with Gasteiger partial charge in [-0.15, -0.1) is 0 Å². The average Bonchev–Trinajstić information content (AvgIpc) is 2.48. The van der Waals surface area contributed by atoms with Crippen molar-refractivity contribution in [1.82, 2.24) is 20.6 Å². The molecule has 0 bridgehead atoms. The predicted octanol–water partition coefficient (Wildman–Crippen LogP) is 1.30. The standard InChI is InChI=1S/C15H18N4O/c1-12-2-4-14(5-3-12)15(20)19-7-6-16-8-13-9-17-11-18-10-13/h2-5,9-11,16H,6-8H2,1H3,(H,19,20). The van der Waals surface area contributed by atoms with E-state index in [-0.39, 0.29) is 5.91 Å². The molecule has 0 unspecified atom stereocenters. The van der Waals surface area contributed by atoms with E-state index in [0.29, 0.717) is 25.2 Å². The van der Waals surface area contributed by atoms with E-state index >= 15 is 0 Å².